The lowest BCUT2D eigenvalue weighted by molar-refractivity contribution is -0.128. The Kier molecular flexibility index (Phi) is 5.33. The molecule has 3 aromatic rings. The van der Waals surface area contributed by atoms with Crippen molar-refractivity contribution < 1.29 is 4.79 Å². The maximum absolute atomic E-state index is 12.3. The summed E-state index contributed by atoms with van der Waals surface area (Å²) in [5, 5.41) is 3.03. The molecule has 1 N–H and O–H groups in total. The zero-order valence-corrected chi connectivity index (χ0v) is 17.8. The second-order valence-corrected chi connectivity index (χ2v) is 9.48. The number of imidazole rings is 1. The SMILES string of the molecule is CC(C)(C)C(=O)NCc1nc2ccccc2n1Cc1ccc(C(C)(C)C)cc1. The van der Waals surface area contributed by atoms with Gasteiger partial charge in [-0.3, -0.25) is 4.79 Å². The molecule has 0 fully saturated rings. The van der Waals surface area contributed by atoms with Gasteiger partial charge in [0.1, 0.15) is 5.82 Å². The first kappa shape index (κ1) is 20.1. The van der Waals surface area contributed by atoms with Crippen LogP contribution in [-0.4, -0.2) is 15.5 Å². The highest BCUT2D eigenvalue weighted by Crippen LogP contribution is 2.24. The van der Waals surface area contributed by atoms with E-state index in [-0.39, 0.29) is 11.3 Å². The number of hydrogen-bond acceptors (Lipinski definition) is 2. The Morgan fingerprint density at radius 1 is 0.964 bits per heavy atom. The molecule has 0 aliphatic rings. The minimum atomic E-state index is -0.417. The fraction of sp³-hybridized carbons (Fsp3) is 0.417. The van der Waals surface area contributed by atoms with E-state index in [1.807, 2.05) is 39.0 Å². The van der Waals surface area contributed by atoms with Gasteiger partial charge in [0.2, 0.25) is 5.91 Å². The summed E-state index contributed by atoms with van der Waals surface area (Å²) >= 11 is 0. The van der Waals surface area contributed by atoms with Crippen molar-refractivity contribution in [2.24, 2.45) is 5.41 Å². The molecule has 0 spiro atoms. The molecule has 4 heteroatoms. The predicted octanol–water partition coefficient (Wildman–Crippen LogP) is 5.04. The summed E-state index contributed by atoms with van der Waals surface area (Å²) < 4.78 is 2.20. The van der Waals surface area contributed by atoms with Crippen molar-refractivity contribution in [2.45, 2.75) is 60.0 Å². The quantitative estimate of drug-likeness (QED) is 0.692. The summed E-state index contributed by atoms with van der Waals surface area (Å²) in [5.74, 6) is 0.902. The van der Waals surface area contributed by atoms with Crippen LogP contribution >= 0.6 is 0 Å². The lowest BCUT2D eigenvalue weighted by atomic mass is 9.87. The molecule has 1 amide bonds. The van der Waals surface area contributed by atoms with Gasteiger partial charge in [-0.1, -0.05) is 77.9 Å². The number of carbonyl (C=O) groups excluding carboxylic acids is 1. The molecule has 2 aromatic carbocycles. The molecule has 0 atom stereocenters. The number of amides is 1. The van der Waals surface area contributed by atoms with Crippen LogP contribution in [0.4, 0.5) is 0 Å². The first-order valence-corrected chi connectivity index (χ1v) is 9.87. The molecule has 148 valence electrons. The number of hydrogen-bond donors (Lipinski definition) is 1. The van der Waals surface area contributed by atoms with Crippen molar-refractivity contribution in [3.05, 3.63) is 65.5 Å². The van der Waals surface area contributed by atoms with E-state index in [2.05, 4.69) is 61.0 Å². The Balaban J connectivity index is 1.90. The number of para-hydroxylation sites is 2. The van der Waals surface area contributed by atoms with Crippen molar-refractivity contribution in [2.75, 3.05) is 0 Å². The molecule has 0 saturated carbocycles. The largest absolute Gasteiger partial charge is 0.348 e. The molecule has 0 bridgehead atoms. The first-order chi connectivity index (χ1) is 13.1. The Morgan fingerprint density at radius 3 is 2.21 bits per heavy atom. The fourth-order valence-corrected chi connectivity index (χ4v) is 3.15. The Bertz CT molecular complexity index is 970. The van der Waals surface area contributed by atoms with Gasteiger partial charge in [-0.15, -0.1) is 0 Å². The van der Waals surface area contributed by atoms with Gasteiger partial charge >= 0.3 is 0 Å². The molecule has 4 nitrogen and oxygen atoms in total. The molecule has 0 saturated heterocycles. The standard InChI is InChI=1S/C24H31N3O/c1-23(2,3)18-13-11-17(12-14-18)16-27-20-10-8-7-9-19(20)26-21(27)15-25-22(28)24(4,5)6/h7-14H,15-16H2,1-6H3,(H,25,28). The number of aromatic nitrogens is 2. The van der Waals surface area contributed by atoms with Crippen LogP contribution in [0.3, 0.4) is 0 Å². The highest BCUT2D eigenvalue weighted by atomic mass is 16.2. The third-order valence-corrected chi connectivity index (χ3v) is 4.98. The molecular formula is C24H31N3O. The topological polar surface area (TPSA) is 46.9 Å². The molecule has 0 radical (unpaired) electrons. The summed E-state index contributed by atoms with van der Waals surface area (Å²) in [5.41, 5.74) is 4.31. The van der Waals surface area contributed by atoms with Gasteiger partial charge in [0, 0.05) is 12.0 Å². The molecule has 1 heterocycles. The van der Waals surface area contributed by atoms with Gasteiger partial charge < -0.3 is 9.88 Å². The highest BCUT2D eigenvalue weighted by molar-refractivity contribution is 5.81. The number of nitrogens with zero attached hydrogens (tertiary/aromatic N) is 2. The minimum absolute atomic E-state index is 0.0284. The van der Waals surface area contributed by atoms with Gasteiger partial charge in [0.25, 0.3) is 0 Å². The van der Waals surface area contributed by atoms with Crippen LogP contribution in [0.15, 0.2) is 48.5 Å². The second-order valence-electron chi connectivity index (χ2n) is 9.48. The molecule has 0 aliphatic heterocycles. The average Bonchev–Trinajstić information content (AvgIpc) is 2.96. The lowest BCUT2D eigenvalue weighted by Gasteiger charge is -2.20. The zero-order chi connectivity index (χ0) is 20.5. The number of fused-ring (bicyclic) bond motifs is 1. The van der Waals surface area contributed by atoms with E-state index in [1.165, 1.54) is 11.1 Å². The van der Waals surface area contributed by atoms with Crippen molar-refractivity contribution in [1.29, 1.82) is 0 Å². The van der Waals surface area contributed by atoms with E-state index < -0.39 is 5.41 Å². The van der Waals surface area contributed by atoms with Crippen LogP contribution in [0.2, 0.25) is 0 Å². The minimum Gasteiger partial charge on any atom is -0.348 e. The Labute approximate surface area is 168 Å². The maximum Gasteiger partial charge on any atom is 0.225 e. The predicted molar refractivity (Wildman–Crippen MR) is 115 cm³/mol. The van der Waals surface area contributed by atoms with Crippen LogP contribution in [0.1, 0.15) is 58.5 Å². The van der Waals surface area contributed by atoms with Crippen LogP contribution in [-0.2, 0) is 23.3 Å². The van der Waals surface area contributed by atoms with Crippen LogP contribution in [0.5, 0.6) is 0 Å². The van der Waals surface area contributed by atoms with Gasteiger partial charge in [0.15, 0.2) is 0 Å². The third-order valence-electron chi connectivity index (χ3n) is 4.98. The van der Waals surface area contributed by atoms with Crippen molar-refractivity contribution >= 4 is 16.9 Å². The Morgan fingerprint density at radius 2 is 1.61 bits per heavy atom. The van der Waals surface area contributed by atoms with E-state index in [0.29, 0.717) is 6.54 Å². The van der Waals surface area contributed by atoms with Gasteiger partial charge in [-0.25, -0.2) is 4.98 Å². The number of carbonyl (C=O) groups is 1. The normalized spacial score (nSPS) is 12.4. The number of nitrogens with one attached hydrogen (secondary N) is 1. The van der Waals surface area contributed by atoms with E-state index in [9.17, 15) is 4.79 Å². The third kappa shape index (κ3) is 4.44. The zero-order valence-electron chi connectivity index (χ0n) is 17.8. The summed E-state index contributed by atoms with van der Waals surface area (Å²) in [6.07, 6.45) is 0. The molecule has 1 aromatic heterocycles. The van der Waals surface area contributed by atoms with Crippen molar-refractivity contribution in [1.82, 2.24) is 14.9 Å². The van der Waals surface area contributed by atoms with Gasteiger partial charge in [-0.05, 0) is 28.7 Å². The van der Waals surface area contributed by atoms with Crippen molar-refractivity contribution in [3.63, 3.8) is 0 Å². The highest BCUT2D eigenvalue weighted by Gasteiger charge is 2.22. The first-order valence-electron chi connectivity index (χ1n) is 9.87. The summed E-state index contributed by atoms with van der Waals surface area (Å²) in [7, 11) is 0. The smallest absolute Gasteiger partial charge is 0.225 e. The van der Waals surface area contributed by atoms with Crippen LogP contribution in [0, 0.1) is 5.41 Å². The van der Waals surface area contributed by atoms with E-state index >= 15 is 0 Å². The summed E-state index contributed by atoms with van der Waals surface area (Å²) in [6, 6.07) is 16.9. The van der Waals surface area contributed by atoms with E-state index in [4.69, 9.17) is 4.98 Å². The molecule has 28 heavy (non-hydrogen) atoms. The van der Waals surface area contributed by atoms with Crippen LogP contribution < -0.4 is 5.32 Å². The van der Waals surface area contributed by atoms with E-state index in [0.717, 1.165) is 23.4 Å². The van der Waals surface area contributed by atoms with Crippen LogP contribution in [0.25, 0.3) is 11.0 Å². The van der Waals surface area contributed by atoms with Crippen molar-refractivity contribution in [3.8, 4) is 0 Å². The maximum atomic E-state index is 12.3. The molecule has 0 aliphatic carbocycles. The molecule has 0 unspecified atom stereocenters. The van der Waals surface area contributed by atoms with Gasteiger partial charge in [-0.2, -0.15) is 0 Å². The summed E-state index contributed by atoms with van der Waals surface area (Å²) in [4.78, 5) is 17.1. The Hall–Kier alpha value is -2.62. The fourth-order valence-electron chi connectivity index (χ4n) is 3.15. The van der Waals surface area contributed by atoms with Gasteiger partial charge in [0.05, 0.1) is 17.6 Å². The summed E-state index contributed by atoms with van der Waals surface area (Å²) in [6.45, 7) is 13.6. The molecular weight excluding hydrogens is 346 g/mol. The van der Waals surface area contributed by atoms with E-state index in [1.54, 1.807) is 0 Å². The lowest BCUT2D eigenvalue weighted by Crippen LogP contribution is -2.35. The average molecular weight is 378 g/mol. The molecule has 3 rings (SSSR count). The monoisotopic (exact) mass is 377 g/mol. The number of benzene rings is 2. The number of rotatable bonds is 4. The second kappa shape index (κ2) is 7.42.